The normalized spacial score (nSPS) is 18.7. The summed E-state index contributed by atoms with van der Waals surface area (Å²) in [5.74, 6) is -0.0959. The van der Waals surface area contributed by atoms with Gasteiger partial charge in [-0.1, -0.05) is 12.1 Å². The van der Waals surface area contributed by atoms with Gasteiger partial charge in [-0.3, -0.25) is 19.8 Å². The number of nitro groups is 1. The Morgan fingerprint density at radius 3 is 3.00 bits per heavy atom. The number of methoxy groups -OCH3 is 1. The van der Waals surface area contributed by atoms with Gasteiger partial charge in [0.05, 0.1) is 25.2 Å². The zero-order valence-corrected chi connectivity index (χ0v) is 12.3. The third kappa shape index (κ3) is 4.40. The Morgan fingerprint density at radius 2 is 2.27 bits per heavy atom. The molecule has 1 aromatic carbocycles. The van der Waals surface area contributed by atoms with E-state index in [1.807, 2.05) is 4.90 Å². The Labute approximate surface area is 127 Å². The standard InChI is InChI=1S/C14H18N2O6/c1-20-14(17)9-15-6-7-21-11(8-15)10-22-13-5-3-2-4-12(13)16(18)19/h2-5,11H,6-10H2,1H3/t11-/m0/s1. The van der Waals surface area contributed by atoms with Crippen LogP contribution in [0.25, 0.3) is 0 Å². The van der Waals surface area contributed by atoms with Crippen molar-refractivity contribution in [1.29, 1.82) is 0 Å². The molecule has 0 amide bonds. The lowest BCUT2D eigenvalue weighted by atomic mass is 10.2. The highest BCUT2D eigenvalue weighted by Crippen LogP contribution is 2.26. The maximum atomic E-state index is 11.3. The molecule has 1 heterocycles. The highest BCUT2D eigenvalue weighted by atomic mass is 16.6. The van der Waals surface area contributed by atoms with Crippen LogP contribution < -0.4 is 4.74 Å². The summed E-state index contributed by atoms with van der Waals surface area (Å²) in [4.78, 5) is 23.6. The number of morpholine rings is 1. The van der Waals surface area contributed by atoms with E-state index in [1.165, 1.54) is 13.2 Å². The lowest BCUT2D eigenvalue weighted by Gasteiger charge is -2.31. The zero-order chi connectivity index (χ0) is 15.9. The maximum absolute atomic E-state index is 11.3. The van der Waals surface area contributed by atoms with Crippen LogP contribution in [0.5, 0.6) is 5.75 Å². The molecule has 0 N–H and O–H groups in total. The summed E-state index contributed by atoms with van der Waals surface area (Å²) in [6.45, 7) is 2.00. The molecule has 0 bridgehead atoms. The van der Waals surface area contributed by atoms with E-state index in [1.54, 1.807) is 18.2 Å². The average Bonchev–Trinajstić information content (AvgIpc) is 2.53. The largest absolute Gasteiger partial charge is 0.484 e. The second-order valence-corrected chi connectivity index (χ2v) is 4.84. The minimum Gasteiger partial charge on any atom is -0.484 e. The first-order valence-corrected chi connectivity index (χ1v) is 6.87. The molecule has 1 fully saturated rings. The first-order valence-electron chi connectivity index (χ1n) is 6.87. The van der Waals surface area contributed by atoms with E-state index in [0.29, 0.717) is 19.7 Å². The average molecular weight is 310 g/mol. The van der Waals surface area contributed by atoms with Gasteiger partial charge < -0.3 is 14.2 Å². The Hall–Kier alpha value is -2.19. The molecule has 1 atom stereocenters. The topological polar surface area (TPSA) is 91.1 Å². The molecule has 1 aliphatic rings. The van der Waals surface area contributed by atoms with E-state index in [4.69, 9.17) is 9.47 Å². The molecule has 0 aliphatic carbocycles. The van der Waals surface area contributed by atoms with Crippen molar-refractivity contribution in [2.75, 3.05) is 40.0 Å². The lowest BCUT2D eigenvalue weighted by Crippen LogP contribution is -2.46. The second kappa shape index (κ2) is 7.71. The van der Waals surface area contributed by atoms with Gasteiger partial charge in [0.15, 0.2) is 5.75 Å². The molecule has 1 saturated heterocycles. The molecular weight excluding hydrogens is 292 g/mol. The predicted molar refractivity (Wildman–Crippen MR) is 76.8 cm³/mol. The van der Waals surface area contributed by atoms with E-state index in [9.17, 15) is 14.9 Å². The van der Waals surface area contributed by atoms with E-state index < -0.39 is 4.92 Å². The Bertz CT molecular complexity index is 536. The minimum atomic E-state index is -0.485. The Balaban J connectivity index is 1.89. The number of nitro benzene ring substituents is 1. The summed E-state index contributed by atoms with van der Waals surface area (Å²) >= 11 is 0. The molecule has 0 saturated carbocycles. The third-order valence-electron chi connectivity index (χ3n) is 3.29. The number of rotatable bonds is 6. The number of esters is 1. The first kappa shape index (κ1) is 16.2. The van der Waals surface area contributed by atoms with Gasteiger partial charge >= 0.3 is 11.7 Å². The van der Waals surface area contributed by atoms with Gasteiger partial charge in [0.1, 0.15) is 12.7 Å². The number of ether oxygens (including phenoxy) is 3. The fourth-order valence-corrected chi connectivity index (χ4v) is 2.18. The lowest BCUT2D eigenvalue weighted by molar-refractivity contribution is -0.385. The van der Waals surface area contributed by atoms with Crippen LogP contribution in [0.2, 0.25) is 0 Å². The van der Waals surface area contributed by atoms with Gasteiger partial charge in [-0.25, -0.2) is 0 Å². The number of nitrogens with zero attached hydrogens (tertiary/aromatic N) is 2. The van der Waals surface area contributed by atoms with E-state index in [-0.39, 0.29) is 36.7 Å². The Morgan fingerprint density at radius 1 is 1.50 bits per heavy atom. The van der Waals surface area contributed by atoms with Crippen molar-refractivity contribution in [2.45, 2.75) is 6.10 Å². The quantitative estimate of drug-likeness (QED) is 0.437. The summed E-state index contributed by atoms with van der Waals surface area (Å²) in [7, 11) is 1.35. The van der Waals surface area contributed by atoms with Gasteiger partial charge in [0.25, 0.3) is 0 Å². The summed E-state index contributed by atoms with van der Waals surface area (Å²) in [6, 6.07) is 6.20. The monoisotopic (exact) mass is 310 g/mol. The minimum absolute atomic E-state index is 0.0790. The van der Waals surface area contributed by atoms with Crippen LogP contribution in [-0.4, -0.2) is 61.9 Å². The van der Waals surface area contributed by atoms with Crippen molar-refractivity contribution in [3.8, 4) is 5.75 Å². The van der Waals surface area contributed by atoms with Crippen molar-refractivity contribution in [1.82, 2.24) is 4.90 Å². The van der Waals surface area contributed by atoms with Gasteiger partial charge in [-0.05, 0) is 6.07 Å². The molecule has 0 unspecified atom stereocenters. The van der Waals surface area contributed by atoms with Crippen LogP contribution in [-0.2, 0) is 14.3 Å². The molecular formula is C14H18N2O6. The zero-order valence-electron chi connectivity index (χ0n) is 12.3. The maximum Gasteiger partial charge on any atom is 0.319 e. The molecule has 0 radical (unpaired) electrons. The number of benzene rings is 1. The summed E-state index contributed by atoms with van der Waals surface area (Å²) in [6.07, 6.45) is -0.252. The molecule has 22 heavy (non-hydrogen) atoms. The SMILES string of the molecule is COC(=O)CN1CCO[C@H](COc2ccccc2[N+](=O)[O-])C1. The highest BCUT2D eigenvalue weighted by molar-refractivity contribution is 5.71. The van der Waals surface area contributed by atoms with Crippen LogP contribution in [0.4, 0.5) is 5.69 Å². The van der Waals surface area contributed by atoms with Gasteiger partial charge in [0.2, 0.25) is 0 Å². The van der Waals surface area contributed by atoms with Crippen molar-refractivity contribution < 1.29 is 23.9 Å². The highest BCUT2D eigenvalue weighted by Gasteiger charge is 2.24. The van der Waals surface area contributed by atoms with Crippen LogP contribution in [0.3, 0.4) is 0 Å². The molecule has 8 nitrogen and oxygen atoms in total. The third-order valence-corrected chi connectivity index (χ3v) is 3.29. The van der Waals surface area contributed by atoms with Crippen molar-refractivity contribution in [3.63, 3.8) is 0 Å². The van der Waals surface area contributed by atoms with Gasteiger partial charge in [0, 0.05) is 19.2 Å². The fraction of sp³-hybridized carbons (Fsp3) is 0.500. The molecule has 2 rings (SSSR count). The van der Waals surface area contributed by atoms with Crippen LogP contribution in [0.1, 0.15) is 0 Å². The van der Waals surface area contributed by atoms with E-state index in [2.05, 4.69) is 4.74 Å². The van der Waals surface area contributed by atoms with Crippen molar-refractivity contribution in [2.24, 2.45) is 0 Å². The van der Waals surface area contributed by atoms with Gasteiger partial charge in [-0.15, -0.1) is 0 Å². The summed E-state index contributed by atoms with van der Waals surface area (Å²) < 4.78 is 15.7. The second-order valence-electron chi connectivity index (χ2n) is 4.84. The molecule has 0 spiro atoms. The molecule has 1 aromatic rings. The van der Waals surface area contributed by atoms with Crippen molar-refractivity contribution >= 4 is 11.7 Å². The smallest absolute Gasteiger partial charge is 0.319 e. The van der Waals surface area contributed by atoms with Crippen LogP contribution >= 0.6 is 0 Å². The molecule has 8 heteroatoms. The Kier molecular flexibility index (Phi) is 5.68. The summed E-state index contributed by atoms with van der Waals surface area (Å²) in [5.41, 5.74) is -0.0790. The summed E-state index contributed by atoms with van der Waals surface area (Å²) in [5, 5.41) is 10.9. The first-order chi connectivity index (χ1) is 10.6. The number of hydrogen-bond acceptors (Lipinski definition) is 7. The van der Waals surface area contributed by atoms with Crippen molar-refractivity contribution in [3.05, 3.63) is 34.4 Å². The fourth-order valence-electron chi connectivity index (χ4n) is 2.18. The van der Waals surface area contributed by atoms with E-state index in [0.717, 1.165) is 0 Å². The van der Waals surface area contributed by atoms with Crippen LogP contribution in [0, 0.1) is 10.1 Å². The molecule has 120 valence electrons. The van der Waals surface area contributed by atoms with Gasteiger partial charge in [-0.2, -0.15) is 0 Å². The number of carbonyl (C=O) groups is 1. The number of carbonyl (C=O) groups excluding carboxylic acids is 1. The number of para-hydroxylation sites is 2. The molecule has 1 aliphatic heterocycles. The molecule has 0 aromatic heterocycles. The van der Waals surface area contributed by atoms with Crippen LogP contribution in [0.15, 0.2) is 24.3 Å². The number of hydrogen-bond donors (Lipinski definition) is 0. The predicted octanol–water partition coefficient (Wildman–Crippen LogP) is 0.847. The van der Waals surface area contributed by atoms with E-state index >= 15 is 0 Å².